The third-order valence-corrected chi connectivity index (χ3v) is 2.55. The number of carbonyl (C=O) groups is 3. The number of hydrogen-bond acceptors (Lipinski definition) is 4. The number of benzene rings is 1. The summed E-state index contributed by atoms with van der Waals surface area (Å²) in [7, 11) is 0. The Bertz CT molecular complexity index is 603. The number of alkyl halides is 6. The number of hydrogen-bond donors (Lipinski definition) is 0. The Morgan fingerprint density at radius 2 is 1.19 bits per heavy atom. The summed E-state index contributed by atoms with van der Waals surface area (Å²) in [6, 6.07) is 9.68. The average molecular weight is 386 g/mol. The zero-order valence-corrected chi connectivity index (χ0v) is 14.0. The fourth-order valence-electron chi connectivity index (χ4n) is 1.20. The van der Waals surface area contributed by atoms with Crippen molar-refractivity contribution < 1.29 is 45.5 Å². The van der Waals surface area contributed by atoms with Crippen LogP contribution in [0.5, 0.6) is 0 Å². The van der Waals surface area contributed by atoms with Gasteiger partial charge in [-0.1, -0.05) is 30.3 Å². The van der Waals surface area contributed by atoms with Crippen molar-refractivity contribution in [3.05, 3.63) is 35.9 Å². The average Bonchev–Trinajstić information content (AvgIpc) is 2.50. The summed E-state index contributed by atoms with van der Waals surface area (Å²) in [6.07, 6.45) is -11.5. The minimum atomic E-state index is -5.77. The fourth-order valence-corrected chi connectivity index (χ4v) is 1.20. The normalized spacial score (nSPS) is 11.9. The van der Waals surface area contributed by atoms with Gasteiger partial charge in [0, 0.05) is 0 Å². The molecule has 0 saturated carbocycles. The van der Waals surface area contributed by atoms with Crippen LogP contribution in [0, 0.1) is 5.41 Å². The lowest BCUT2D eigenvalue weighted by atomic mass is 9.97. The molecule has 0 unspecified atom stereocenters. The van der Waals surface area contributed by atoms with Gasteiger partial charge in [-0.05, 0) is 26.3 Å². The van der Waals surface area contributed by atoms with E-state index in [1.807, 2.05) is 51.1 Å². The highest BCUT2D eigenvalue weighted by Gasteiger charge is 2.54. The third kappa shape index (κ3) is 8.63. The predicted octanol–water partition coefficient (Wildman–Crippen LogP) is 4.03. The van der Waals surface area contributed by atoms with E-state index in [2.05, 4.69) is 0 Å². The summed E-state index contributed by atoms with van der Waals surface area (Å²) in [6.45, 7) is 5.90. The van der Waals surface area contributed by atoms with Crippen molar-refractivity contribution in [1.82, 2.24) is 0 Å². The highest BCUT2D eigenvalue weighted by atomic mass is 19.4. The maximum atomic E-state index is 11.4. The number of halogens is 6. The van der Waals surface area contributed by atoms with Gasteiger partial charge in [-0.25, -0.2) is 0 Å². The lowest BCUT2D eigenvalue weighted by molar-refractivity contribution is -0.193. The van der Waals surface area contributed by atoms with Crippen LogP contribution in [0.3, 0.4) is 0 Å². The summed E-state index contributed by atoms with van der Waals surface area (Å²) in [5, 5.41) is 0. The zero-order chi connectivity index (χ0) is 20.8. The van der Waals surface area contributed by atoms with Gasteiger partial charge in [0.1, 0.15) is 6.61 Å². The topological polar surface area (TPSA) is 60.4 Å². The summed E-state index contributed by atoms with van der Waals surface area (Å²) in [4.78, 5) is 30.6. The van der Waals surface area contributed by atoms with E-state index in [4.69, 9.17) is 4.74 Å². The van der Waals surface area contributed by atoms with E-state index in [9.17, 15) is 40.7 Å². The molecule has 0 heterocycles. The molecule has 0 aromatic heterocycles. The van der Waals surface area contributed by atoms with E-state index in [1.165, 1.54) is 0 Å². The lowest BCUT2D eigenvalue weighted by Gasteiger charge is -2.16. The minimum absolute atomic E-state index is 0.165. The molecule has 0 radical (unpaired) electrons. The molecule has 10 heteroatoms. The van der Waals surface area contributed by atoms with Crippen LogP contribution in [0.4, 0.5) is 26.3 Å². The van der Waals surface area contributed by atoms with Gasteiger partial charge >= 0.3 is 29.9 Å². The van der Waals surface area contributed by atoms with Crippen LogP contribution in [-0.4, -0.2) is 29.9 Å². The Kier molecular flexibility index (Phi) is 8.00. The van der Waals surface area contributed by atoms with E-state index < -0.39 is 29.3 Å². The van der Waals surface area contributed by atoms with Crippen LogP contribution >= 0.6 is 0 Å². The molecule has 0 atom stereocenters. The zero-order valence-electron chi connectivity index (χ0n) is 14.0. The number of esters is 1. The maximum absolute atomic E-state index is 11.4. The lowest BCUT2D eigenvalue weighted by Crippen LogP contribution is -2.39. The maximum Gasteiger partial charge on any atom is 0.458 e. The smallest absolute Gasteiger partial charge is 0.458 e. The number of carbonyl (C=O) groups excluding carboxylic acids is 3. The van der Waals surface area contributed by atoms with Gasteiger partial charge in [0.05, 0.1) is 5.41 Å². The van der Waals surface area contributed by atoms with E-state index in [1.54, 1.807) is 0 Å². The molecule has 1 rings (SSSR count). The van der Waals surface area contributed by atoms with Gasteiger partial charge in [-0.3, -0.25) is 14.4 Å². The van der Waals surface area contributed by atoms with E-state index in [0.29, 0.717) is 6.61 Å². The van der Waals surface area contributed by atoms with Crippen molar-refractivity contribution in [3.8, 4) is 0 Å². The van der Waals surface area contributed by atoms with Crippen molar-refractivity contribution in [2.75, 3.05) is 0 Å². The monoisotopic (exact) mass is 386 g/mol. The van der Waals surface area contributed by atoms with Crippen molar-refractivity contribution in [2.45, 2.75) is 39.7 Å². The quantitative estimate of drug-likeness (QED) is 0.447. The SMILES string of the molecule is CC(C)(C)C(=O)OCc1ccccc1.O=C(C(=O)C(F)(F)F)C(F)(F)F. The molecule has 0 aliphatic heterocycles. The van der Waals surface area contributed by atoms with Gasteiger partial charge < -0.3 is 4.74 Å². The Labute approximate surface area is 145 Å². The van der Waals surface area contributed by atoms with Crippen molar-refractivity contribution in [1.29, 1.82) is 0 Å². The molecular formula is C16H16F6O4. The predicted molar refractivity (Wildman–Crippen MR) is 77.8 cm³/mol. The van der Waals surface area contributed by atoms with Crippen LogP contribution in [0.1, 0.15) is 26.3 Å². The molecule has 0 spiro atoms. The first-order valence-corrected chi connectivity index (χ1v) is 7.00. The summed E-state index contributed by atoms with van der Waals surface area (Å²) in [5.41, 5.74) is 0.597. The van der Waals surface area contributed by atoms with Gasteiger partial charge in [-0.15, -0.1) is 0 Å². The Hall–Kier alpha value is -2.39. The molecular weight excluding hydrogens is 370 g/mol. The van der Waals surface area contributed by atoms with Crippen LogP contribution < -0.4 is 0 Å². The first kappa shape index (κ1) is 23.6. The fraction of sp³-hybridized carbons (Fsp3) is 0.438. The molecule has 0 N–H and O–H groups in total. The Morgan fingerprint density at radius 1 is 0.808 bits per heavy atom. The molecule has 0 amide bonds. The summed E-state index contributed by atoms with van der Waals surface area (Å²) in [5.74, 6) is -6.98. The highest BCUT2D eigenvalue weighted by molar-refractivity contribution is 6.41. The second kappa shape index (κ2) is 8.81. The molecule has 0 aliphatic carbocycles. The van der Waals surface area contributed by atoms with Crippen molar-refractivity contribution in [2.24, 2.45) is 5.41 Å². The highest BCUT2D eigenvalue weighted by Crippen LogP contribution is 2.24. The van der Waals surface area contributed by atoms with Crippen LogP contribution in [0.25, 0.3) is 0 Å². The second-order valence-electron chi connectivity index (χ2n) is 5.97. The van der Waals surface area contributed by atoms with Crippen LogP contribution in [-0.2, 0) is 25.7 Å². The molecule has 146 valence electrons. The summed E-state index contributed by atoms with van der Waals surface area (Å²) < 4.78 is 72.1. The number of ether oxygens (including phenoxy) is 1. The molecule has 0 fully saturated rings. The molecule has 4 nitrogen and oxygen atoms in total. The van der Waals surface area contributed by atoms with Crippen LogP contribution in [0.15, 0.2) is 30.3 Å². The molecule has 1 aromatic rings. The van der Waals surface area contributed by atoms with E-state index in [0.717, 1.165) is 5.56 Å². The second-order valence-corrected chi connectivity index (χ2v) is 5.97. The molecule has 26 heavy (non-hydrogen) atoms. The van der Waals surface area contributed by atoms with E-state index in [-0.39, 0.29) is 5.97 Å². The van der Waals surface area contributed by atoms with Crippen molar-refractivity contribution in [3.63, 3.8) is 0 Å². The van der Waals surface area contributed by atoms with Gasteiger partial charge in [0.25, 0.3) is 0 Å². The van der Waals surface area contributed by atoms with Crippen molar-refractivity contribution >= 4 is 17.5 Å². The van der Waals surface area contributed by atoms with E-state index >= 15 is 0 Å². The molecule has 0 aliphatic rings. The largest absolute Gasteiger partial charge is 0.460 e. The van der Waals surface area contributed by atoms with Crippen LogP contribution in [0.2, 0.25) is 0 Å². The van der Waals surface area contributed by atoms with Gasteiger partial charge in [0.15, 0.2) is 0 Å². The molecule has 0 saturated heterocycles. The Balaban J connectivity index is 0.000000488. The number of ketones is 2. The van der Waals surface area contributed by atoms with Gasteiger partial charge in [0.2, 0.25) is 0 Å². The summed E-state index contributed by atoms with van der Waals surface area (Å²) >= 11 is 0. The Morgan fingerprint density at radius 3 is 1.50 bits per heavy atom. The third-order valence-electron chi connectivity index (χ3n) is 2.55. The standard InChI is InChI=1S/C12H16O2.C4F6O2/c1-12(2,3)11(13)14-9-10-7-5-4-6-8-10;5-3(6,7)1(11)2(12)4(8,9)10/h4-8H,9H2,1-3H3;. The first-order chi connectivity index (χ1) is 11.6. The number of rotatable bonds is 3. The van der Waals surface area contributed by atoms with Gasteiger partial charge in [-0.2, -0.15) is 26.3 Å². The minimum Gasteiger partial charge on any atom is -0.460 e. The molecule has 0 bridgehead atoms. The first-order valence-electron chi connectivity index (χ1n) is 7.00. The molecule has 1 aromatic carbocycles. The number of Topliss-reactive ketones (excluding diaryl/α,β-unsaturated/α-hetero) is 2.